The zero-order valence-electron chi connectivity index (χ0n) is 11.9. The summed E-state index contributed by atoms with van der Waals surface area (Å²) < 4.78 is 20.4. The topological polar surface area (TPSA) is 58.6 Å². The summed E-state index contributed by atoms with van der Waals surface area (Å²) in [7, 11) is 0. The molecule has 2 aromatic carbocycles. The fraction of sp³-hybridized carbons (Fsp3) is 0. The van der Waals surface area contributed by atoms with Crippen LogP contribution in [-0.2, 0) is 0 Å². The number of halogens is 1. The summed E-state index contributed by atoms with van der Waals surface area (Å²) in [5.41, 5.74) is 0.767. The number of benzene rings is 2. The Morgan fingerprint density at radius 2 is 1.74 bits per heavy atom. The van der Waals surface area contributed by atoms with Crippen LogP contribution in [0.15, 0.2) is 70.4 Å². The number of fused-ring (bicyclic) bond motifs is 2. The van der Waals surface area contributed by atoms with Gasteiger partial charge in [-0.05, 0) is 23.6 Å². The molecule has 112 valence electrons. The van der Waals surface area contributed by atoms with Crippen LogP contribution in [0.5, 0.6) is 0 Å². The summed E-state index contributed by atoms with van der Waals surface area (Å²) in [5, 5.41) is 14.4. The fourth-order valence-electron chi connectivity index (χ4n) is 2.60. The lowest BCUT2D eigenvalue weighted by molar-refractivity contribution is 0.297. The molecule has 0 atom stereocenters. The maximum absolute atomic E-state index is 14.7. The van der Waals surface area contributed by atoms with Crippen LogP contribution < -0.4 is 5.36 Å². The lowest BCUT2D eigenvalue weighted by Crippen LogP contribution is -2.11. The minimum absolute atomic E-state index is 0.0535. The molecule has 0 saturated carbocycles. The summed E-state index contributed by atoms with van der Waals surface area (Å²) >= 11 is 0. The average molecular weight is 306 g/mol. The van der Waals surface area contributed by atoms with Gasteiger partial charge in [0.2, 0.25) is 0 Å². The van der Waals surface area contributed by atoms with Gasteiger partial charge in [0, 0.05) is 17.0 Å². The van der Waals surface area contributed by atoms with Gasteiger partial charge in [0.1, 0.15) is 11.3 Å². The number of nitrogens with zero attached hydrogens (tertiary/aromatic N) is 2. The van der Waals surface area contributed by atoms with Gasteiger partial charge in [-0.1, -0.05) is 41.6 Å². The number of hydrogen-bond acceptors (Lipinski definition) is 4. The standard InChI is InChI=1S/C18H11FN2O2/c19-16-17(21-22)13-7-3-4-8-15(13)23-18(16)14-9-11-5-1-2-6-12(11)10-20-14/h1-10,22H. The van der Waals surface area contributed by atoms with Crippen LogP contribution in [0, 0.1) is 5.82 Å². The third-order valence-electron chi connectivity index (χ3n) is 3.73. The Morgan fingerprint density at radius 3 is 2.57 bits per heavy atom. The predicted octanol–water partition coefficient (Wildman–Crippen LogP) is 4.08. The first kappa shape index (κ1) is 13.5. The van der Waals surface area contributed by atoms with Gasteiger partial charge in [0.05, 0.1) is 0 Å². The Labute approximate surface area is 130 Å². The van der Waals surface area contributed by atoms with Crippen molar-refractivity contribution in [3.8, 4) is 11.5 Å². The molecule has 0 saturated heterocycles. The molecule has 2 heterocycles. The van der Waals surface area contributed by atoms with Gasteiger partial charge < -0.3 is 9.62 Å². The van der Waals surface area contributed by atoms with Crippen molar-refractivity contribution < 1.29 is 14.0 Å². The van der Waals surface area contributed by atoms with Crippen LogP contribution in [0.3, 0.4) is 0 Å². The predicted molar refractivity (Wildman–Crippen MR) is 84.3 cm³/mol. The fourth-order valence-corrected chi connectivity index (χ4v) is 2.60. The third kappa shape index (κ3) is 2.14. The van der Waals surface area contributed by atoms with Crippen LogP contribution in [0.25, 0.3) is 33.2 Å². The average Bonchev–Trinajstić information content (AvgIpc) is 2.61. The van der Waals surface area contributed by atoms with Crippen molar-refractivity contribution in [2.24, 2.45) is 5.16 Å². The second-order valence-electron chi connectivity index (χ2n) is 5.11. The van der Waals surface area contributed by atoms with Crippen LogP contribution in [0.2, 0.25) is 0 Å². The molecule has 1 N–H and O–H groups in total. The Morgan fingerprint density at radius 1 is 1.00 bits per heavy atom. The van der Waals surface area contributed by atoms with E-state index in [-0.39, 0.29) is 11.1 Å². The highest BCUT2D eigenvalue weighted by Crippen LogP contribution is 2.26. The molecular weight excluding hydrogens is 295 g/mol. The second kappa shape index (κ2) is 5.21. The molecule has 4 nitrogen and oxygen atoms in total. The highest BCUT2D eigenvalue weighted by atomic mass is 19.1. The Balaban J connectivity index is 2.06. The molecular formula is C18H11FN2O2. The molecule has 0 fully saturated rings. The van der Waals surface area contributed by atoms with Crippen molar-refractivity contribution in [3.05, 3.63) is 72.0 Å². The minimum atomic E-state index is -0.742. The first-order valence-corrected chi connectivity index (χ1v) is 7.02. The van der Waals surface area contributed by atoms with Gasteiger partial charge in [0.25, 0.3) is 0 Å². The smallest absolute Gasteiger partial charge is 0.197 e. The van der Waals surface area contributed by atoms with Gasteiger partial charge in [-0.3, -0.25) is 4.98 Å². The Kier molecular flexibility index (Phi) is 3.05. The van der Waals surface area contributed by atoms with E-state index in [4.69, 9.17) is 4.42 Å². The molecule has 23 heavy (non-hydrogen) atoms. The maximum atomic E-state index is 14.7. The Hall–Kier alpha value is -3.21. The first-order valence-electron chi connectivity index (χ1n) is 7.02. The van der Waals surface area contributed by atoms with Crippen LogP contribution in [-0.4, -0.2) is 10.2 Å². The van der Waals surface area contributed by atoms with E-state index in [2.05, 4.69) is 10.1 Å². The molecule has 0 spiro atoms. The molecule has 0 amide bonds. The van der Waals surface area contributed by atoms with E-state index in [1.54, 1.807) is 36.5 Å². The van der Waals surface area contributed by atoms with E-state index < -0.39 is 5.82 Å². The molecule has 5 heteroatoms. The van der Waals surface area contributed by atoms with E-state index in [1.807, 2.05) is 24.3 Å². The SMILES string of the molecule is ON=c1c(F)c(-c2cc3ccccc3cn2)oc2ccccc12. The summed E-state index contributed by atoms with van der Waals surface area (Å²) in [6.45, 7) is 0. The second-order valence-corrected chi connectivity index (χ2v) is 5.11. The molecule has 4 aromatic rings. The van der Waals surface area contributed by atoms with E-state index >= 15 is 0 Å². The molecule has 0 unspecified atom stereocenters. The first-order chi connectivity index (χ1) is 11.3. The van der Waals surface area contributed by atoms with Crippen molar-refractivity contribution in [1.29, 1.82) is 0 Å². The van der Waals surface area contributed by atoms with E-state index in [0.717, 1.165) is 10.8 Å². The maximum Gasteiger partial charge on any atom is 0.197 e. The van der Waals surface area contributed by atoms with E-state index in [0.29, 0.717) is 16.7 Å². The molecule has 0 aliphatic rings. The number of para-hydroxylation sites is 1. The molecule has 0 aliphatic carbocycles. The van der Waals surface area contributed by atoms with Crippen molar-refractivity contribution in [3.63, 3.8) is 0 Å². The summed E-state index contributed by atoms with van der Waals surface area (Å²) in [6, 6.07) is 16.2. The highest BCUT2D eigenvalue weighted by molar-refractivity contribution is 5.85. The summed E-state index contributed by atoms with van der Waals surface area (Å²) in [4.78, 5) is 4.26. The molecule has 0 radical (unpaired) electrons. The van der Waals surface area contributed by atoms with Crippen LogP contribution >= 0.6 is 0 Å². The van der Waals surface area contributed by atoms with Crippen molar-refractivity contribution in [1.82, 2.24) is 4.98 Å². The number of hydrogen-bond donors (Lipinski definition) is 1. The van der Waals surface area contributed by atoms with Gasteiger partial charge >= 0.3 is 0 Å². The third-order valence-corrected chi connectivity index (χ3v) is 3.73. The number of aromatic nitrogens is 1. The summed E-state index contributed by atoms with van der Waals surface area (Å²) in [5.74, 6) is -0.795. The van der Waals surface area contributed by atoms with Gasteiger partial charge in [-0.25, -0.2) is 4.39 Å². The molecule has 0 bridgehead atoms. The lowest BCUT2D eigenvalue weighted by atomic mass is 10.1. The van der Waals surface area contributed by atoms with Crippen molar-refractivity contribution in [2.75, 3.05) is 0 Å². The largest absolute Gasteiger partial charge is 0.451 e. The Bertz CT molecular complexity index is 1100. The summed E-state index contributed by atoms with van der Waals surface area (Å²) in [6.07, 6.45) is 1.66. The highest BCUT2D eigenvalue weighted by Gasteiger charge is 2.16. The molecule has 4 rings (SSSR count). The van der Waals surface area contributed by atoms with Crippen molar-refractivity contribution >= 4 is 21.7 Å². The lowest BCUT2D eigenvalue weighted by Gasteiger charge is -2.06. The monoisotopic (exact) mass is 306 g/mol. The number of rotatable bonds is 1. The van der Waals surface area contributed by atoms with Gasteiger partial charge in [0.15, 0.2) is 16.9 Å². The van der Waals surface area contributed by atoms with Gasteiger partial charge in [-0.15, -0.1) is 0 Å². The van der Waals surface area contributed by atoms with E-state index in [1.165, 1.54) is 0 Å². The van der Waals surface area contributed by atoms with Crippen molar-refractivity contribution in [2.45, 2.75) is 0 Å². The zero-order chi connectivity index (χ0) is 15.8. The molecule has 0 aliphatic heterocycles. The van der Waals surface area contributed by atoms with Crippen LogP contribution in [0.1, 0.15) is 0 Å². The molecule has 2 aromatic heterocycles. The quantitative estimate of drug-likeness (QED) is 0.426. The minimum Gasteiger partial charge on any atom is -0.451 e. The van der Waals surface area contributed by atoms with Gasteiger partial charge in [-0.2, -0.15) is 0 Å². The normalized spacial score (nSPS) is 12.1. The van der Waals surface area contributed by atoms with E-state index in [9.17, 15) is 9.60 Å². The zero-order valence-corrected chi connectivity index (χ0v) is 11.9. The number of pyridine rings is 1. The van der Waals surface area contributed by atoms with Crippen LogP contribution in [0.4, 0.5) is 4.39 Å².